The predicted octanol–water partition coefficient (Wildman–Crippen LogP) is 0.824. The molecule has 0 aliphatic heterocycles. The Morgan fingerprint density at radius 1 is 1.26 bits per heavy atom. The number of rotatable bonds is 8. The number of amides is 1. The lowest BCUT2D eigenvalue weighted by Gasteiger charge is -2.17. The molecule has 1 aromatic rings. The molecule has 1 aromatic carbocycles. The highest BCUT2D eigenvalue weighted by Crippen LogP contribution is 2.04. The zero-order chi connectivity index (χ0) is 16.4. The molecule has 128 valence electrons. The molecule has 0 saturated carbocycles. The second-order valence-electron chi connectivity index (χ2n) is 4.59. The third-order valence-electron chi connectivity index (χ3n) is 2.86. The van der Waals surface area contributed by atoms with Gasteiger partial charge in [-0.1, -0.05) is 18.2 Å². The molecular weight excluding hydrogens is 320 g/mol. The monoisotopic (exact) mass is 342 g/mol. The van der Waals surface area contributed by atoms with Crippen molar-refractivity contribution in [1.29, 1.82) is 0 Å². The van der Waals surface area contributed by atoms with E-state index in [1.54, 1.807) is 31.2 Å². The van der Waals surface area contributed by atoms with E-state index in [1.807, 2.05) is 6.07 Å². The topological polar surface area (TPSA) is 120 Å². The third-order valence-corrected chi connectivity index (χ3v) is 2.86. The van der Waals surface area contributed by atoms with Crippen molar-refractivity contribution in [2.24, 2.45) is 16.5 Å². The van der Waals surface area contributed by atoms with Crippen LogP contribution in [0.3, 0.4) is 0 Å². The molecule has 0 unspecified atom stereocenters. The Balaban J connectivity index is 0.00000484. The number of esters is 1. The van der Waals surface area contributed by atoms with Crippen molar-refractivity contribution in [3.63, 3.8) is 0 Å². The summed E-state index contributed by atoms with van der Waals surface area (Å²) in [6.45, 7) is 2.36. The van der Waals surface area contributed by atoms with Crippen LogP contribution in [0.4, 0.5) is 0 Å². The highest BCUT2D eigenvalue weighted by Gasteiger charge is 2.22. The number of nitrogens with zero attached hydrogens (tertiary/aromatic N) is 1. The zero-order valence-electron chi connectivity index (χ0n) is 13.0. The number of hydrogen-bond acceptors (Lipinski definition) is 4. The largest absolute Gasteiger partial charge is 0.464 e. The van der Waals surface area contributed by atoms with Gasteiger partial charge in [-0.2, -0.15) is 0 Å². The number of ether oxygens (including phenoxy) is 1. The predicted molar refractivity (Wildman–Crippen MR) is 91.5 cm³/mol. The van der Waals surface area contributed by atoms with E-state index in [0.29, 0.717) is 24.9 Å². The van der Waals surface area contributed by atoms with E-state index in [2.05, 4.69) is 10.3 Å². The van der Waals surface area contributed by atoms with E-state index < -0.39 is 12.0 Å². The summed E-state index contributed by atoms with van der Waals surface area (Å²) in [4.78, 5) is 27.9. The van der Waals surface area contributed by atoms with Gasteiger partial charge >= 0.3 is 5.97 Å². The zero-order valence-corrected chi connectivity index (χ0v) is 13.8. The van der Waals surface area contributed by atoms with Gasteiger partial charge < -0.3 is 21.5 Å². The van der Waals surface area contributed by atoms with Gasteiger partial charge in [0.15, 0.2) is 5.96 Å². The Morgan fingerprint density at radius 2 is 1.91 bits per heavy atom. The molecule has 0 aliphatic carbocycles. The summed E-state index contributed by atoms with van der Waals surface area (Å²) in [6, 6.07) is 7.96. The van der Waals surface area contributed by atoms with Crippen molar-refractivity contribution >= 4 is 30.2 Å². The van der Waals surface area contributed by atoms with Crippen LogP contribution in [-0.4, -0.2) is 37.0 Å². The average Bonchev–Trinajstić information content (AvgIpc) is 2.51. The van der Waals surface area contributed by atoms with Crippen molar-refractivity contribution in [1.82, 2.24) is 5.32 Å². The summed E-state index contributed by atoms with van der Waals surface area (Å²) >= 11 is 0. The van der Waals surface area contributed by atoms with Gasteiger partial charge in [0, 0.05) is 12.1 Å². The van der Waals surface area contributed by atoms with Gasteiger partial charge in [0.1, 0.15) is 6.04 Å². The van der Waals surface area contributed by atoms with Gasteiger partial charge in [0.05, 0.1) is 6.61 Å². The molecule has 0 bridgehead atoms. The lowest BCUT2D eigenvalue weighted by Crippen LogP contribution is -2.42. The van der Waals surface area contributed by atoms with Gasteiger partial charge in [-0.15, -0.1) is 12.4 Å². The number of hydrogen-bond donors (Lipinski definition) is 3. The van der Waals surface area contributed by atoms with Crippen molar-refractivity contribution < 1.29 is 14.3 Å². The Bertz CT molecular complexity index is 519. The van der Waals surface area contributed by atoms with Gasteiger partial charge in [0.25, 0.3) is 5.91 Å². The van der Waals surface area contributed by atoms with Crippen molar-refractivity contribution in [2.45, 2.75) is 25.8 Å². The molecule has 1 atom stereocenters. The summed E-state index contributed by atoms with van der Waals surface area (Å²) in [5.74, 6) is -0.780. The molecule has 0 heterocycles. The number of carbonyl (C=O) groups excluding carboxylic acids is 2. The number of nitrogens with one attached hydrogen (secondary N) is 1. The summed E-state index contributed by atoms with van der Waals surface area (Å²) in [5, 5.41) is 2.68. The van der Waals surface area contributed by atoms with E-state index in [1.165, 1.54) is 0 Å². The lowest BCUT2D eigenvalue weighted by atomic mass is 10.1. The fourth-order valence-corrected chi connectivity index (χ4v) is 1.83. The SMILES string of the molecule is CCOC(=O)[C@@H](CCCN=C(N)N)NC(=O)c1ccccc1.Cl. The number of halogens is 1. The van der Waals surface area contributed by atoms with Crippen LogP contribution in [0.2, 0.25) is 0 Å². The standard InChI is InChI=1S/C15H22N4O3.ClH/c1-2-22-14(21)12(9-6-10-18-15(16)17)19-13(20)11-7-4-3-5-8-11;/h3-5,7-8,12H,2,6,9-10H2,1H3,(H,19,20)(H4,16,17,18);1H/t12-;/m1./s1. The van der Waals surface area contributed by atoms with Gasteiger partial charge in [-0.25, -0.2) is 4.79 Å². The van der Waals surface area contributed by atoms with Crippen LogP contribution < -0.4 is 16.8 Å². The molecule has 5 N–H and O–H groups in total. The maximum Gasteiger partial charge on any atom is 0.328 e. The Labute approximate surface area is 141 Å². The van der Waals surface area contributed by atoms with Crippen LogP contribution in [0.1, 0.15) is 30.1 Å². The normalized spacial score (nSPS) is 10.8. The summed E-state index contributed by atoms with van der Waals surface area (Å²) < 4.78 is 4.98. The van der Waals surface area contributed by atoms with Crippen LogP contribution in [0, 0.1) is 0 Å². The average molecular weight is 343 g/mol. The van der Waals surface area contributed by atoms with Crippen molar-refractivity contribution in [3.8, 4) is 0 Å². The Hall–Kier alpha value is -2.28. The molecule has 0 aromatic heterocycles. The molecule has 0 saturated heterocycles. The molecule has 1 rings (SSSR count). The Kier molecular flexibility index (Phi) is 10.2. The highest BCUT2D eigenvalue weighted by molar-refractivity contribution is 5.96. The quantitative estimate of drug-likeness (QED) is 0.279. The maximum absolute atomic E-state index is 12.1. The molecule has 0 radical (unpaired) electrons. The molecule has 7 nitrogen and oxygen atoms in total. The summed E-state index contributed by atoms with van der Waals surface area (Å²) in [7, 11) is 0. The molecule has 23 heavy (non-hydrogen) atoms. The van der Waals surface area contributed by atoms with Crippen molar-refractivity contribution in [2.75, 3.05) is 13.2 Å². The van der Waals surface area contributed by atoms with Crippen LogP contribution in [0.5, 0.6) is 0 Å². The number of carbonyl (C=O) groups is 2. The minimum Gasteiger partial charge on any atom is -0.464 e. The fraction of sp³-hybridized carbons (Fsp3) is 0.400. The van der Waals surface area contributed by atoms with Crippen LogP contribution in [0.25, 0.3) is 0 Å². The first-order valence-corrected chi connectivity index (χ1v) is 7.12. The van der Waals surface area contributed by atoms with E-state index in [0.717, 1.165) is 0 Å². The molecule has 0 aliphatic rings. The fourth-order valence-electron chi connectivity index (χ4n) is 1.83. The minimum atomic E-state index is -0.721. The molecule has 0 spiro atoms. The van der Waals surface area contributed by atoms with E-state index in [-0.39, 0.29) is 30.9 Å². The van der Waals surface area contributed by atoms with Crippen LogP contribution in [0.15, 0.2) is 35.3 Å². The number of aliphatic imine (C=N–C) groups is 1. The first-order valence-electron chi connectivity index (χ1n) is 7.12. The lowest BCUT2D eigenvalue weighted by molar-refractivity contribution is -0.145. The first-order chi connectivity index (χ1) is 10.5. The van der Waals surface area contributed by atoms with Crippen LogP contribution in [-0.2, 0) is 9.53 Å². The molecular formula is C15H23ClN4O3. The highest BCUT2D eigenvalue weighted by atomic mass is 35.5. The Morgan fingerprint density at radius 3 is 2.48 bits per heavy atom. The van der Waals surface area contributed by atoms with Gasteiger partial charge in [-0.3, -0.25) is 9.79 Å². The second kappa shape index (κ2) is 11.3. The minimum absolute atomic E-state index is 0. The number of nitrogens with two attached hydrogens (primary N) is 2. The summed E-state index contributed by atoms with van der Waals surface area (Å²) in [5.41, 5.74) is 11.0. The third kappa shape index (κ3) is 8.06. The van der Waals surface area contributed by atoms with Gasteiger partial charge in [0.2, 0.25) is 0 Å². The van der Waals surface area contributed by atoms with Crippen LogP contribution >= 0.6 is 12.4 Å². The molecule has 1 amide bonds. The number of benzene rings is 1. The second-order valence-corrected chi connectivity index (χ2v) is 4.59. The van der Waals surface area contributed by atoms with Crippen molar-refractivity contribution in [3.05, 3.63) is 35.9 Å². The first kappa shape index (κ1) is 20.7. The number of guanidine groups is 1. The van der Waals surface area contributed by atoms with E-state index in [9.17, 15) is 9.59 Å². The smallest absolute Gasteiger partial charge is 0.328 e. The van der Waals surface area contributed by atoms with E-state index >= 15 is 0 Å². The summed E-state index contributed by atoms with van der Waals surface area (Å²) in [6.07, 6.45) is 0.949. The maximum atomic E-state index is 12.1. The molecule has 0 fully saturated rings. The molecule has 8 heteroatoms. The van der Waals surface area contributed by atoms with Gasteiger partial charge in [-0.05, 0) is 31.9 Å². The van der Waals surface area contributed by atoms with E-state index in [4.69, 9.17) is 16.2 Å².